The standard InChI is InChI=1S/C14H15NO2/c16-14(13-7-3-4-8-17-13)11-9-15-12-6-2-1-5-10(11)12/h1-2,5-6,9,13,15H,3-4,7-8H2. The third-order valence-corrected chi connectivity index (χ3v) is 3.33. The molecule has 0 amide bonds. The number of fused-ring (bicyclic) bond motifs is 1. The Labute approximate surface area is 99.8 Å². The van der Waals surface area contributed by atoms with Crippen LogP contribution in [0.2, 0.25) is 0 Å². The van der Waals surface area contributed by atoms with Crippen molar-refractivity contribution in [2.45, 2.75) is 25.4 Å². The Bertz CT molecular complexity index is 538. The van der Waals surface area contributed by atoms with Gasteiger partial charge in [0, 0.05) is 29.3 Å². The first-order chi connectivity index (χ1) is 8.36. The highest BCUT2D eigenvalue weighted by Gasteiger charge is 2.24. The molecular weight excluding hydrogens is 214 g/mol. The van der Waals surface area contributed by atoms with Crippen LogP contribution in [0.15, 0.2) is 30.5 Å². The van der Waals surface area contributed by atoms with Crippen LogP contribution in [-0.2, 0) is 4.74 Å². The van der Waals surface area contributed by atoms with Gasteiger partial charge in [-0.25, -0.2) is 0 Å². The van der Waals surface area contributed by atoms with Gasteiger partial charge in [-0.15, -0.1) is 0 Å². The molecule has 1 fully saturated rings. The summed E-state index contributed by atoms with van der Waals surface area (Å²) in [5.41, 5.74) is 1.76. The molecular formula is C14H15NO2. The Morgan fingerprint density at radius 1 is 1.29 bits per heavy atom. The lowest BCUT2D eigenvalue weighted by Gasteiger charge is -2.20. The highest BCUT2D eigenvalue weighted by atomic mass is 16.5. The highest BCUT2D eigenvalue weighted by molar-refractivity contribution is 6.09. The molecule has 1 aliphatic rings. The van der Waals surface area contributed by atoms with E-state index < -0.39 is 0 Å². The van der Waals surface area contributed by atoms with Crippen LogP contribution >= 0.6 is 0 Å². The lowest BCUT2D eigenvalue weighted by molar-refractivity contribution is 0.0188. The molecule has 3 nitrogen and oxygen atoms in total. The topological polar surface area (TPSA) is 42.1 Å². The van der Waals surface area contributed by atoms with Crippen molar-refractivity contribution in [1.29, 1.82) is 0 Å². The maximum atomic E-state index is 12.3. The molecule has 1 atom stereocenters. The Balaban J connectivity index is 1.95. The van der Waals surface area contributed by atoms with Crippen LogP contribution in [0.4, 0.5) is 0 Å². The minimum absolute atomic E-state index is 0.113. The van der Waals surface area contributed by atoms with Crippen LogP contribution in [-0.4, -0.2) is 23.5 Å². The summed E-state index contributed by atoms with van der Waals surface area (Å²) >= 11 is 0. The van der Waals surface area contributed by atoms with E-state index in [1.807, 2.05) is 24.3 Å². The molecule has 0 radical (unpaired) electrons. The van der Waals surface area contributed by atoms with Crippen LogP contribution in [0.1, 0.15) is 29.6 Å². The lowest BCUT2D eigenvalue weighted by atomic mass is 9.99. The van der Waals surface area contributed by atoms with Gasteiger partial charge in [0.25, 0.3) is 0 Å². The number of benzene rings is 1. The van der Waals surface area contributed by atoms with E-state index in [-0.39, 0.29) is 11.9 Å². The van der Waals surface area contributed by atoms with Crippen molar-refractivity contribution in [2.75, 3.05) is 6.61 Å². The number of carbonyl (C=O) groups is 1. The molecule has 3 heteroatoms. The lowest BCUT2D eigenvalue weighted by Crippen LogP contribution is -2.28. The molecule has 1 aromatic carbocycles. The van der Waals surface area contributed by atoms with E-state index in [0.29, 0.717) is 6.61 Å². The number of nitrogens with one attached hydrogen (secondary N) is 1. The fourth-order valence-electron chi connectivity index (χ4n) is 2.40. The summed E-state index contributed by atoms with van der Waals surface area (Å²) in [6.45, 7) is 0.707. The smallest absolute Gasteiger partial charge is 0.193 e. The number of aromatic amines is 1. The van der Waals surface area contributed by atoms with Crippen LogP contribution in [0.5, 0.6) is 0 Å². The van der Waals surface area contributed by atoms with E-state index in [4.69, 9.17) is 4.74 Å². The fraction of sp³-hybridized carbons (Fsp3) is 0.357. The van der Waals surface area contributed by atoms with Crippen molar-refractivity contribution in [3.05, 3.63) is 36.0 Å². The second kappa shape index (κ2) is 4.34. The summed E-state index contributed by atoms with van der Waals surface area (Å²) < 4.78 is 5.55. The zero-order valence-corrected chi connectivity index (χ0v) is 9.61. The molecule has 1 aliphatic heterocycles. The van der Waals surface area contributed by atoms with Gasteiger partial charge in [0.2, 0.25) is 0 Å². The molecule has 2 aromatic rings. The van der Waals surface area contributed by atoms with Gasteiger partial charge < -0.3 is 9.72 Å². The summed E-state index contributed by atoms with van der Waals surface area (Å²) in [6.07, 6.45) is 4.54. The van der Waals surface area contributed by atoms with Crippen molar-refractivity contribution < 1.29 is 9.53 Å². The van der Waals surface area contributed by atoms with Crippen LogP contribution in [0, 0.1) is 0 Å². The molecule has 3 rings (SSSR count). The highest BCUT2D eigenvalue weighted by Crippen LogP contribution is 2.23. The van der Waals surface area contributed by atoms with Gasteiger partial charge in [0.05, 0.1) is 0 Å². The predicted molar refractivity (Wildman–Crippen MR) is 66.2 cm³/mol. The number of ether oxygens (including phenoxy) is 1. The zero-order chi connectivity index (χ0) is 11.7. The molecule has 0 saturated carbocycles. The summed E-state index contributed by atoms with van der Waals surface area (Å²) in [7, 11) is 0. The Hall–Kier alpha value is -1.61. The average molecular weight is 229 g/mol. The molecule has 88 valence electrons. The normalized spacial score (nSPS) is 20.6. The molecule has 2 heterocycles. The molecule has 1 unspecified atom stereocenters. The maximum Gasteiger partial charge on any atom is 0.193 e. The van der Waals surface area contributed by atoms with Gasteiger partial charge in [-0.3, -0.25) is 4.79 Å². The Morgan fingerprint density at radius 2 is 2.18 bits per heavy atom. The minimum Gasteiger partial charge on any atom is -0.370 e. The number of ketones is 1. The van der Waals surface area contributed by atoms with Gasteiger partial charge in [0.15, 0.2) is 5.78 Å². The number of para-hydroxylation sites is 1. The van der Waals surface area contributed by atoms with E-state index in [0.717, 1.165) is 35.7 Å². The van der Waals surface area contributed by atoms with Crippen molar-refractivity contribution in [3.63, 3.8) is 0 Å². The number of hydrogen-bond donors (Lipinski definition) is 1. The monoisotopic (exact) mass is 229 g/mol. The van der Waals surface area contributed by atoms with E-state index >= 15 is 0 Å². The second-order valence-electron chi connectivity index (χ2n) is 4.47. The van der Waals surface area contributed by atoms with E-state index in [1.165, 1.54) is 0 Å². The first-order valence-corrected chi connectivity index (χ1v) is 6.08. The minimum atomic E-state index is -0.247. The molecule has 1 N–H and O–H groups in total. The van der Waals surface area contributed by atoms with E-state index in [9.17, 15) is 4.79 Å². The van der Waals surface area contributed by atoms with Gasteiger partial charge in [-0.1, -0.05) is 18.2 Å². The summed E-state index contributed by atoms with van der Waals surface area (Å²) in [4.78, 5) is 15.5. The maximum absolute atomic E-state index is 12.3. The number of rotatable bonds is 2. The van der Waals surface area contributed by atoms with Gasteiger partial charge >= 0.3 is 0 Å². The number of carbonyl (C=O) groups excluding carboxylic acids is 1. The second-order valence-corrected chi connectivity index (χ2v) is 4.47. The molecule has 17 heavy (non-hydrogen) atoms. The summed E-state index contributed by atoms with van der Waals surface area (Å²) in [6, 6.07) is 7.87. The predicted octanol–water partition coefficient (Wildman–Crippen LogP) is 2.92. The Kier molecular flexibility index (Phi) is 2.69. The fourth-order valence-corrected chi connectivity index (χ4v) is 2.40. The molecule has 0 bridgehead atoms. The van der Waals surface area contributed by atoms with Crippen LogP contribution in [0.3, 0.4) is 0 Å². The van der Waals surface area contributed by atoms with Crippen LogP contribution in [0.25, 0.3) is 10.9 Å². The molecule has 0 spiro atoms. The van der Waals surface area contributed by atoms with Gasteiger partial charge in [-0.05, 0) is 25.3 Å². The van der Waals surface area contributed by atoms with Gasteiger partial charge in [-0.2, -0.15) is 0 Å². The van der Waals surface area contributed by atoms with E-state index in [2.05, 4.69) is 4.98 Å². The van der Waals surface area contributed by atoms with Crippen molar-refractivity contribution in [3.8, 4) is 0 Å². The molecule has 1 aromatic heterocycles. The largest absolute Gasteiger partial charge is 0.370 e. The van der Waals surface area contributed by atoms with Gasteiger partial charge in [0.1, 0.15) is 6.10 Å². The zero-order valence-electron chi connectivity index (χ0n) is 9.61. The van der Waals surface area contributed by atoms with E-state index in [1.54, 1.807) is 6.20 Å². The molecule has 0 aliphatic carbocycles. The quantitative estimate of drug-likeness (QED) is 0.804. The number of aromatic nitrogens is 1. The van der Waals surface area contributed by atoms with Crippen molar-refractivity contribution >= 4 is 16.7 Å². The van der Waals surface area contributed by atoms with Crippen molar-refractivity contribution in [2.24, 2.45) is 0 Å². The Morgan fingerprint density at radius 3 is 3.00 bits per heavy atom. The molecule has 1 saturated heterocycles. The SMILES string of the molecule is O=C(c1c[nH]c2ccccc12)C1CCCCO1. The van der Waals surface area contributed by atoms with Crippen molar-refractivity contribution in [1.82, 2.24) is 4.98 Å². The van der Waals surface area contributed by atoms with Crippen LogP contribution < -0.4 is 0 Å². The first-order valence-electron chi connectivity index (χ1n) is 6.08. The third-order valence-electron chi connectivity index (χ3n) is 3.33. The summed E-state index contributed by atoms with van der Waals surface area (Å²) in [5, 5.41) is 0.992. The average Bonchev–Trinajstić information content (AvgIpc) is 2.83. The first kappa shape index (κ1) is 10.5. The number of Topliss-reactive ketones (excluding diaryl/α,β-unsaturated/α-hetero) is 1. The number of H-pyrrole nitrogens is 1. The number of hydrogen-bond acceptors (Lipinski definition) is 2. The summed E-state index contributed by atoms with van der Waals surface area (Å²) in [5.74, 6) is 0.113. The third kappa shape index (κ3) is 1.87.